The maximum atomic E-state index is 13.2. The van der Waals surface area contributed by atoms with Gasteiger partial charge in [-0.2, -0.15) is 0 Å². The quantitative estimate of drug-likeness (QED) is 0.439. The van der Waals surface area contributed by atoms with Gasteiger partial charge in [-0.15, -0.1) is 0 Å². The molecule has 1 heterocycles. The van der Waals surface area contributed by atoms with Gasteiger partial charge in [0.05, 0.1) is 0 Å². The number of amides is 1. The Labute approximate surface area is 177 Å². The van der Waals surface area contributed by atoms with Crippen LogP contribution in [0.1, 0.15) is 53.6 Å². The Hall–Kier alpha value is -3.02. The van der Waals surface area contributed by atoms with Crippen molar-refractivity contribution in [2.45, 2.75) is 66.9 Å². The van der Waals surface area contributed by atoms with Gasteiger partial charge >= 0.3 is 5.97 Å². The lowest BCUT2D eigenvalue weighted by Crippen LogP contribution is -2.48. The van der Waals surface area contributed by atoms with Crippen LogP contribution in [0.5, 0.6) is 17.2 Å². The Balaban J connectivity index is 1.94. The topological polar surface area (TPSA) is 84.9 Å². The fourth-order valence-corrected chi connectivity index (χ4v) is 3.89. The highest BCUT2D eigenvalue weighted by atomic mass is 16.5. The summed E-state index contributed by atoms with van der Waals surface area (Å²) in [5.74, 6) is 0.861. The molecule has 160 valence electrons. The molecule has 2 aromatic carbocycles. The first-order valence-electron chi connectivity index (χ1n) is 10.1. The summed E-state index contributed by atoms with van der Waals surface area (Å²) in [7, 11) is 0. The number of fused-ring (bicyclic) bond motifs is 1. The van der Waals surface area contributed by atoms with Gasteiger partial charge in [-0.1, -0.05) is 0 Å². The van der Waals surface area contributed by atoms with E-state index >= 15 is 0 Å². The zero-order valence-electron chi connectivity index (χ0n) is 18.6. The van der Waals surface area contributed by atoms with Crippen molar-refractivity contribution in [3.8, 4) is 17.2 Å². The van der Waals surface area contributed by atoms with Crippen LogP contribution in [0.3, 0.4) is 0 Å². The van der Waals surface area contributed by atoms with Crippen molar-refractivity contribution >= 4 is 17.6 Å². The molecular formula is C24H29NO5. The number of esters is 1. The minimum absolute atomic E-state index is 0.199. The van der Waals surface area contributed by atoms with Gasteiger partial charge in [0, 0.05) is 24.6 Å². The van der Waals surface area contributed by atoms with E-state index in [0.29, 0.717) is 30.0 Å². The second kappa shape index (κ2) is 7.67. The van der Waals surface area contributed by atoms with Gasteiger partial charge in [0.1, 0.15) is 17.2 Å². The number of nitrogens with one attached hydrogen (secondary N) is 1. The minimum Gasteiger partial charge on any atom is -0.508 e. The van der Waals surface area contributed by atoms with Gasteiger partial charge in [-0.25, -0.2) is 0 Å². The second-order valence-corrected chi connectivity index (χ2v) is 8.27. The molecule has 1 amide bonds. The molecule has 3 rings (SSSR count). The molecular weight excluding hydrogens is 382 g/mol. The third-order valence-corrected chi connectivity index (χ3v) is 6.22. The lowest BCUT2D eigenvalue weighted by molar-refractivity contribution is -0.132. The predicted octanol–water partition coefficient (Wildman–Crippen LogP) is 4.58. The molecule has 2 N–H and O–H groups in total. The average molecular weight is 411 g/mol. The van der Waals surface area contributed by atoms with Crippen LogP contribution in [0.2, 0.25) is 0 Å². The number of aromatic hydroxyl groups is 1. The van der Waals surface area contributed by atoms with E-state index in [1.807, 2.05) is 34.6 Å². The molecule has 6 heteroatoms. The SMILES string of the molecule is CC(=O)Oc1c(C)c(C)c2c(c1C)CCC(C)(C(=O)Nc1ccc(O)c(C)c1C)O2. The van der Waals surface area contributed by atoms with Gasteiger partial charge in [0.15, 0.2) is 5.60 Å². The summed E-state index contributed by atoms with van der Waals surface area (Å²) in [4.78, 5) is 24.7. The van der Waals surface area contributed by atoms with Gasteiger partial charge in [0.25, 0.3) is 5.91 Å². The second-order valence-electron chi connectivity index (χ2n) is 8.27. The summed E-state index contributed by atoms with van der Waals surface area (Å²) < 4.78 is 11.7. The lowest BCUT2D eigenvalue weighted by Gasteiger charge is -2.37. The van der Waals surface area contributed by atoms with Crippen LogP contribution in [0.4, 0.5) is 5.69 Å². The normalized spacial score (nSPS) is 17.7. The smallest absolute Gasteiger partial charge is 0.308 e. The number of phenols is 1. The number of hydrogen-bond donors (Lipinski definition) is 2. The molecule has 0 saturated heterocycles. The van der Waals surface area contributed by atoms with E-state index in [4.69, 9.17) is 9.47 Å². The van der Waals surface area contributed by atoms with Crippen molar-refractivity contribution in [2.24, 2.45) is 0 Å². The fourth-order valence-electron chi connectivity index (χ4n) is 3.89. The van der Waals surface area contributed by atoms with Crippen molar-refractivity contribution in [1.29, 1.82) is 0 Å². The van der Waals surface area contributed by atoms with E-state index in [-0.39, 0.29) is 17.6 Å². The van der Waals surface area contributed by atoms with Crippen molar-refractivity contribution in [3.05, 3.63) is 45.5 Å². The van der Waals surface area contributed by atoms with Crippen LogP contribution in [0.15, 0.2) is 12.1 Å². The number of carbonyl (C=O) groups is 2. The monoisotopic (exact) mass is 411 g/mol. The maximum absolute atomic E-state index is 13.2. The summed E-state index contributed by atoms with van der Waals surface area (Å²) in [6.45, 7) is 12.6. The molecule has 0 bridgehead atoms. The maximum Gasteiger partial charge on any atom is 0.308 e. The first-order valence-corrected chi connectivity index (χ1v) is 10.1. The van der Waals surface area contributed by atoms with E-state index in [1.165, 1.54) is 6.92 Å². The summed E-state index contributed by atoms with van der Waals surface area (Å²) in [6.07, 6.45) is 1.12. The van der Waals surface area contributed by atoms with Crippen LogP contribution < -0.4 is 14.8 Å². The zero-order chi connectivity index (χ0) is 22.4. The molecule has 0 aliphatic carbocycles. The summed E-state index contributed by atoms with van der Waals surface area (Å²) in [5, 5.41) is 12.8. The summed E-state index contributed by atoms with van der Waals surface area (Å²) in [6, 6.07) is 3.27. The first kappa shape index (κ1) is 21.7. The number of ether oxygens (including phenoxy) is 2. The molecule has 1 atom stereocenters. The fraction of sp³-hybridized carbons (Fsp3) is 0.417. The van der Waals surface area contributed by atoms with Crippen LogP contribution in [-0.4, -0.2) is 22.6 Å². The molecule has 1 aliphatic rings. The van der Waals surface area contributed by atoms with E-state index in [2.05, 4.69) is 5.32 Å². The molecule has 0 radical (unpaired) electrons. The third kappa shape index (κ3) is 3.62. The molecule has 2 aromatic rings. The van der Waals surface area contributed by atoms with E-state index in [1.54, 1.807) is 19.1 Å². The van der Waals surface area contributed by atoms with Gasteiger partial charge in [0.2, 0.25) is 0 Å². The molecule has 30 heavy (non-hydrogen) atoms. The Bertz CT molecular complexity index is 1060. The van der Waals surface area contributed by atoms with E-state index in [0.717, 1.165) is 33.4 Å². The van der Waals surface area contributed by atoms with Crippen LogP contribution in [-0.2, 0) is 16.0 Å². The summed E-state index contributed by atoms with van der Waals surface area (Å²) >= 11 is 0. The lowest BCUT2D eigenvalue weighted by atomic mass is 9.86. The van der Waals surface area contributed by atoms with E-state index < -0.39 is 5.60 Å². The average Bonchev–Trinajstić information content (AvgIpc) is 2.69. The number of anilines is 1. The highest BCUT2D eigenvalue weighted by Gasteiger charge is 2.41. The Kier molecular flexibility index (Phi) is 5.54. The Morgan fingerprint density at radius 3 is 2.33 bits per heavy atom. The first-order chi connectivity index (χ1) is 14.0. The van der Waals surface area contributed by atoms with E-state index in [9.17, 15) is 14.7 Å². The molecule has 0 aromatic heterocycles. The largest absolute Gasteiger partial charge is 0.508 e. The molecule has 0 spiro atoms. The molecule has 0 saturated carbocycles. The van der Waals surface area contributed by atoms with Crippen LogP contribution in [0, 0.1) is 34.6 Å². The van der Waals surface area contributed by atoms with Crippen LogP contribution >= 0.6 is 0 Å². The van der Waals surface area contributed by atoms with Crippen molar-refractivity contribution in [2.75, 3.05) is 5.32 Å². The Morgan fingerprint density at radius 1 is 1.03 bits per heavy atom. The third-order valence-electron chi connectivity index (χ3n) is 6.22. The standard InChI is InChI=1S/C24H29NO5/c1-12-13(2)20(27)9-8-19(12)25-23(28)24(7)11-10-18-16(5)21(29-17(6)26)14(3)15(4)22(18)30-24/h8-9,27H,10-11H2,1-7H3,(H,25,28). The minimum atomic E-state index is -1.04. The zero-order valence-corrected chi connectivity index (χ0v) is 18.6. The molecule has 1 unspecified atom stereocenters. The van der Waals surface area contributed by atoms with Crippen molar-refractivity contribution in [1.82, 2.24) is 0 Å². The highest BCUT2D eigenvalue weighted by Crippen LogP contribution is 2.44. The summed E-state index contributed by atoms with van der Waals surface area (Å²) in [5.41, 5.74) is 4.69. The van der Waals surface area contributed by atoms with Crippen molar-refractivity contribution in [3.63, 3.8) is 0 Å². The number of hydrogen-bond acceptors (Lipinski definition) is 5. The Morgan fingerprint density at radius 2 is 1.70 bits per heavy atom. The number of carbonyl (C=O) groups excluding carboxylic acids is 2. The molecule has 0 fully saturated rings. The van der Waals surface area contributed by atoms with Crippen molar-refractivity contribution < 1.29 is 24.2 Å². The number of rotatable bonds is 3. The molecule has 6 nitrogen and oxygen atoms in total. The van der Waals surface area contributed by atoms with Gasteiger partial charge in [-0.05, 0) is 87.9 Å². The van der Waals surface area contributed by atoms with Crippen LogP contribution in [0.25, 0.3) is 0 Å². The van der Waals surface area contributed by atoms with Gasteiger partial charge < -0.3 is 19.9 Å². The predicted molar refractivity (Wildman–Crippen MR) is 116 cm³/mol. The number of benzene rings is 2. The number of phenolic OH excluding ortho intramolecular Hbond substituents is 1. The van der Waals surface area contributed by atoms with Gasteiger partial charge in [-0.3, -0.25) is 9.59 Å². The highest BCUT2D eigenvalue weighted by molar-refractivity contribution is 5.98. The molecule has 1 aliphatic heterocycles.